The third-order valence-electron chi connectivity index (χ3n) is 2.33. The Morgan fingerprint density at radius 2 is 1.00 bits per heavy atom. The van der Waals surface area contributed by atoms with Crippen LogP contribution in [0, 0.1) is 0 Å². The second-order valence-corrected chi connectivity index (χ2v) is 5.51. The fourth-order valence-electron chi connectivity index (χ4n) is 1.35. The van der Waals surface area contributed by atoms with E-state index < -0.39 is 20.4 Å². The summed E-state index contributed by atoms with van der Waals surface area (Å²) in [5.41, 5.74) is 0. The minimum absolute atomic E-state index is 0.0126. The van der Waals surface area contributed by atoms with Crippen LogP contribution < -0.4 is 9.47 Å². The molecule has 108 valence electrons. The van der Waals surface area contributed by atoms with E-state index >= 15 is 0 Å². The maximum atomic E-state index is 11.7. The quantitative estimate of drug-likeness (QED) is 0.793. The van der Waals surface area contributed by atoms with Gasteiger partial charge in [-0.2, -0.15) is 0 Å². The first kappa shape index (κ1) is 14.7. The number of carbonyl (C=O) groups excluding carboxylic acids is 2. The molecule has 0 bridgehead atoms. The summed E-state index contributed by atoms with van der Waals surface area (Å²) >= 11 is 0. The van der Waals surface area contributed by atoms with Crippen molar-refractivity contribution in [1.82, 2.24) is 0 Å². The number of rotatable bonds is 2. The lowest BCUT2D eigenvalue weighted by atomic mass is 10.3. The Hall–Kier alpha value is -2.67. The number of benzene rings is 2. The summed E-state index contributed by atoms with van der Waals surface area (Å²) < 4.78 is 32.6. The first-order valence-electron chi connectivity index (χ1n) is 5.79. The fraction of sp³-hybridized carbons (Fsp3) is 0. The topological polar surface area (TPSA) is 86.7 Å². The number of para-hydroxylation sites is 2. The smallest absolute Gasteiger partial charge is 0.414 e. The van der Waals surface area contributed by atoms with Crippen LogP contribution in [-0.2, 0) is 9.84 Å². The van der Waals surface area contributed by atoms with Crippen LogP contribution in [0.2, 0.25) is 0 Å². The van der Waals surface area contributed by atoms with E-state index in [0.717, 1.165) is 0 Å². The van der Waals surface area contributed by atoms with Gasteiger partial charge in [-0.3, -0.25) is 0 Å². The molecule has 6 nitrogen and oxygen atoms in total. The van der Waals surface area contributed by atoms with E-state index in [1.165, 1.54) is 24.3 Å². The third-order valence-corrected chi connectivity index (χ3v) is 3.37. The summed E-state index contributed by atoms with van der Waals surface area (Å²) in [5.74, 6) is 0.0252. The number of ether oxygens (including phenoxy) is 2. The van der Waals surface area contributed by atoms with Crippen molar-refractivity contribution in [2.24, 2.45) is 0 Å². The molecule has 2 aromatic rings. The molecule has 0 aliphatic heterocycles. The Balaban J connectivity index is 2.10. The largest absolute Gasteiger partial charge is 0.441 e. The first-order valence-corrected chi connectivity index (χ1v) is 7.27. The van der Waals surface area contributed by atoms with Crippen molar-refractivity contribution in [2.75, 3.05) is 0 Å². The van der Waals surface area contributed by atoms with Gasteiger partial charge in [0.1, 0.15) is 11.5 Å². The highest BCUT2D eigenvalue weighted by atomic mass is 32.2. The SMILES string of the molecule is O=C(Oc1ccccc1)S(=O)(=O)C(=O)Oc1ccccc1. The first-order chi connectivity index (χ1) is 10.00. The molecule has 0 radical (unpaired) electrons. The average molecular weight is 306 g/mol. The highest BCUT2D eigenvalue weighted by molar-refractivity contribution is 8.18. The van der Waals surface area contributed by atoms with E-state index in [9.17, 15) is 18.0 Å². The lowest BCUT2D eigenvalue weighted by Gasteiger charge is -2.05. The zero-order valence-corrected chi connectivity index (χ0v) is 11.4. The molecule has 0 aliphatic carbocycles. The van der Waals surface area contributed by atoms with Crippen LogP contribution in [0.4, 0.5) is 9.59 Å². The van der Waals surface area contributed by atoms with E-state index in [1.807, 2.05) is 0 Å². The molecule has 0 atom stereocenters. The number of carbonyl (C=O) groups is 2. The van der Waals surface area contributed by atoms with Crippen LogP contribution in [0.25, 0.3) is 0 Å². The van der Waals surface area contributed by atoms with Gasteiger partial charge in [0, 0.05) is 0 Å². The average Bonchev–Trinajstić information content (AvgIpc) is 2.49. The Kier molecular flexibility index (Phi) is 4.34. The van der Waals surface area contributed by atoms with Crippen molar-refractivity contribution < 1.29 is 27.5 Å². The number of sulfone groups is 1. The Morgan fingerprint density at radius 1 is 0.667 bits per heavy atom. The molecule has 0 amide bonds. The maximum absolute atomic E-state index is 11.7. The molecular formula is C14H10O6S. The van der Waals surface area contributed by atoms with Crippen LogP contribution in [0.1, 0.15) is 0 Å². The minimum atomic E-state index is -4.86. The number of hydrogen-bond donors (Lipinski definition) is 0. The predicted molar refractivity (Wildman–Crippen MR) is 73.9 cm³/mol. The van der Waals surface area contributed by atoms with Crippen LogP contribution >= 0.6 is 0 Å². The van der Waals surface area contributed by atoms with E-state index in [4.69, 9.17) is 0 Å². The maximum Gasteiger partial charge on any atom is 0.441 e. The van der Waals surface area contributed by atoms with Crippen LogP contribution in [0.15, 0.2) is 60.7 Å². The molecule has 0 heterocycles. The van der Waals surface area contributed by atoms with Gasteiger partial charge in [0.05, 0.1) is 0 Å². The van der Waals surface area contributed by atoms with Crippen molar-refractivity contribution in [3.63, 3.8) is 0 Å². The van der Waals surface area contributed by atoms with E-state index in [1.54, 1.807) is 36.4 Å². The van der Waals surface area contributed by atoms with Crippen molar-refractivity contribution in [1.29, 1.82) is 0 Å². The van der Waals surface area contributed by atoms with Crippen molar-refractivity contribution in [3.05, 3.63) is 60.7 Å². The monoisotopic (exact) mass is 306 g/mol. The van der Waals surface area contributed by atoms with E-state index in [-0.39, 0.29) is 11.5 Å². The molecule has 21 heavy (non-hydrogen) atoms. The van der Waals surface area contributed by atoms with Gasteiger partial charge in [0.2, 0.25) is 0 Å². The molecule has 2 aromatic carbocycles. The summed E-state index contributed by atoms with van der Waals surface area (Å²) in [6, 6.07) is 15.1. The van der Waals surface area contributed by atoms with Crippen LogP contribution in [0.3, 0.4) is 0 Å². The van der Waals surface area contributed by atoms with Gasteiger partial charge in [-0.1, -0.05) is 36.4 Å². The lowest BCUT2D eigenvalue weighted by molar-refractivity contribution is 0.217. The van der Waals surface area contributed by atoms with Crippen LogP contribution in [0.5, 0.6) is 11.5 Å². The lowest BCUT2D eigenvalue weighted by Crippen LogP contribution is -2.29. The molecule has 0 aromatic heterocycles. The molecule has 0 saturated heterocycles. The van der Waals surface area contributed by atoms with Gasteiger partial charge in [-0.25, -0.2) is 18.0 Å². The van der Waals surface area contributed by atoms with Gasteiger partial charge in [-0.05, 0) is 24.3 Å². The molecule has 0 fully saturated rings. The second-order valence-electron chi connectivity index (χ2n) is 3.83. The number of hydrogen-bond acceptors (Lipinski definition) is 6. The highest BCUT2D eigenvalue weighted by Crippen LogP contribution is 2.14. The van der Waals surface area contributed by atoms with Crippen LogP contribution in [-0.4, -0.2) is 19.0 Å². The molecule has 7 heteroatoms. The summed E-state index contributed by atoms with van der Waals surface area (Å²) in [6.45, 7) is 0. The summed E-state index contributed by atoms with van der Waals surface area (Å²) in [7, 11) is -4.86. The van der Waals surface area contributed by atoms with E-state index in [0.29, 0.717) is 0 Å². The fourth-order valence-corrected chi connectivity index (χ4v) is 1.90. The van der Waals surface area contributed by atoms with Gasteiger partial charge < -0.3 is 9.47 Å². The zero-order valence-electron chi connectivity index (χ0n) is 10.6. The Morgan fingerprint density at radius 3 is 1.33 bits per heavy atom. The molecule has 0 unspecified atom stereocenters. The van der Waals surface area contributed by atoms with E-state index in [2.05, 4.69) is 9.47 Å². The van der Waals surface area contributed by atoms with Crippen molar-refractivity contribution in [2.45, 2.75) is 0 Å². The van der Waals surface area contributed by atoms with Gasteiger partial charge in [0.25, 0.3) is 0 Å². The summed E-state index contributed by atoms with van der Waals surface area (Å²) in [4.78, 5) is 23.1. The molecule has 0 saturated carbocycles. The molecular weight excluding hydrogens is 296 g/mol. The summed E-state index contributed by atoms with van der Waals surface area (Å²) in [6.07, 6.45) is 0. The minimum Gasteiger partial charge on any atom is -0.414 e. The Labute approximate surface area is 120 Å². The summed E-state index contributed by atoms with van der Waals surface area (Å²) in [5, 5.41) is -3.37. The van der Waals surface area contributed by atoms with Gasteiger partial charge in [-0.15, -0.1) is 0 Å². The normalized spacial score (nSPS) is 10.7. The highest BCUT2D eigenvalue weighted by Gasteiger charge is 2.36. The second kappa shape index (κ2) is 6.19. The zero-order chi connectivity index (χ0) is 15.3. The predicted octanol–water partition coefficient (Wildman–Crippen LogP) is 2.80. The molecule has 0 spiro atoms. The molecule has 2 rings (SSSR count). The Bertz CT molecular complexity index is 678. The third kappa shape index (κ3) is 3.67. The van der Waals surface area contributed by atoms with Crippen molar-refractivity contribution in [3.8, 4) is 11.5 Å². The van der Waals surface area contributed by atoms with Gasteiger partial charge in [0.15, 0.2) is 0 Å². The molecule has 0 N–H and O–H groups in total. The standard InChI is InChI=1S/C14H10O6S/c15-13(19-11-7-3-1-4-8-11)21(17,18)14(16)20-12-9-5-2-6-10-12/h1-10H. The van der Waals surface area contributed by atoms with Crippen molar-refractivity contribution >= 4 is 20.4 Å². The van der Waals surface area contributed by atoms with Gasteiger partial charge >= 0.3 is 20.4 Å². The molecule has 0 aliphatic rings.